The van der Waals surface area contributed by atoms with Crippen molar-refractivity contribution < 1.29 is 23.9 Å². The SMILES string of the molecule is C[C@H](OC(=O)[C@@H]1Cc2ccccc2C(=O)O1)C(=O)NCc1ccccc1. The molecule has 1 amide bonds. The van der Waals surface area contributed by atoms with Crippen LogP contribution < -0.4 is 5.32 Å². The summed E-state index contributed by atoms with van der Waals surface area (Å²) in [5.41, 5.74) is 2.12. The largest absolute Gasteiger partial charge is 0.450 e. The standard InChI is InChI=1S/C20H19NO5/c1-13(18(22)21-12-14-7-3-2-4-8-14)25-20(24)17-11-15-9-5-6-10-16(15)19(23)26-17/h2-10,13,17H,11-12H2,1H3,(H,21,22)/t13-,17-/m0/s1. The summed E-state index contributed by atoms with van der Waals surface area (Å²) in [5.74, 6) is -1.70. The van der Waals surface area contributed by atoms with E-state index in [9.17, 15) is 14.4 Å². The van der Waals surface area contributed by atoms with Gasteiger partial charge in [0.15, 0.2) is 6.10 Å². The second-order valence-electron chi connectivity index (χ2n) is 6.04. The molecule has 0 bridgehead atoms. The van der Waals surface area contributed by atoms with E-state index >= 15 is 0 Å². The van der Waals surface area contributed by atoms with E-state index in [0.717, 1.165) is 11.1 Å². The molecule has 0 saturated carbocycles. The fourth-order valence-corrected chi connectivity index (χ4v) is 2.70. The van der Waals surface area contributed by atoms with E-state index < -0.39 is 30.1 Å². The van der Waals surface area contributed by atoms with Crippen molar-refractivity contribution in [3.63, 3.8) is 0 Å². The summed E-state index contributed by atoms with van der Waals surface area (Å²) in [6.45, 7) is 1.82. The van der Waals surface area contributed by atoms with Crippen molar-refractivity contribution in [3.8, 4) is 0 Å². The number of nitrogens with one attached hydrogen (secondary N) is 1. The lowest BCUT2D eigenvalue weighted by Gasteiger charge is -2.24. The van der Waals surface area contributed by atoms with Gasteiger partial charge in [0.05, 0.1) is 5.56 Å². The lowest BCUT2D eigenvalue weighted by atomic mass is 9.99. The highest BCUT2D eigenvalue weighted by atomic mass is 16.6. The molecule has 2 atom stereocenters. The van der Waals surface area contributed by atoms with Crippen molar-refractivity contribution in [2.75, 3.05) is 0 Å². The van der Waals surface area contributed by atoms with Gasteiger partial charge in [0.1, 0.15) is 0 Å². The molecule has 26 heavy (non-hydrogen) atoms. The zero-order valence-electron chi connectivity index (χ0n) is 14.3. The molecule has 0 spiro atoms. The minimum Gasteiger partial charge on any atom is -0.450 e. The fourth-order valence-electron chi connectivity index (χ4n) is 2.70. The zero-order valence-corrected chi connectivity index (χ0v) is 14.3. The maximum atomic E-state index is 12.3. The summed E-state index contributed by atoms with van der Waals surface area (Å²) < 4.78 is 10.3. The van der Waals surface area contributed by atoms with E-state index in [1.54, 1.807) is 24.3 Å². The molecule has 6 nitrogen and oxygen atoms in total. The van der Waals surface area contributed by atoms with Crippen LogP contribution in [0.5, 0.6) is 0 Å². The number of rotatable bonds is 5. The van der Waals surface area contributed by atoms with Crippen LogP contribution in [-0.2, 0) is 32.0 Å². The van der Waals surface area contributed by atoms with Crippen LogP contribution in [-0.4, -0.2) is 30.1 Å². The van der Waals surface area contributed by atoms with Crippen LogP contribution in [0.25, 0.3) is 0 Å². The predicted octanol–water partition coefficient (Wildman–Crippen LogP) is 2.02. The molecule has 1 N–H and O–H groups in total. The molecule has 0 aromatic heterocycles. The van der Waals surface area contributed by atoms with Gasteiger partial charge in [-0.3, -0.25) is 4.79 Å². The second kappa shape index (κ2) is 7.82. The molecule has 0 aliphatic carbocycles. The van der Waals surface area contributed by atoms with Gasteiger partial charge in [-0.05, 0) is 24.1 Å². The van der Waals surface area contributed by atoms with Crippen LogP contribution in [0.3, 0.4) is 0 Å². The van der Waals surface area contributed by atoms with Crippen molar-refractivity contribution in [1.29, 1.82) is 0 Å². The van der Waals surface area contributed by atoms with E-state index in [4.69, 9.17) is 9.47 Å². The maximum absolute atomic E-state index is 12.3. The Labute approximate surface area is 151 Å². The molecule has 1 aliphatic heterocycles. The minimum absolute atomic E-state index is 0.235. The smallest absolute Gasteiger partial charge is 0.348 e. The molecular weight excluding hydrogens is 334 g/mol. The Kier molecular flexibility index (Phi) is 5.31. The summed E-state index contributed by atoms with van der Waals surface area (Å²) in [4.78, 5) is 36.3. The number of carbonyl (C=O) groups excluding carboxylic acids is 3. The molecule has 1 heterocycles. The Bertz CT molecular complexity index is 818. The number of fused-ring (bicyclic) bond motifs is 1. The van der Waals surface area contributed by atoms with E-state index in [-0.39, 0.29) is 6.42 Å². The van der Waals surface area contributed by atoms with E-state index in [1.165, 1.54) is 6.92 Å². The number of hydrogen-bond donors (Lipinski definition) is 1. The molecule has 3 rings (SSSR count). The summed E-state index contributed by atoms with van der Waals surface area (Å²) in [7, 11) is 0. The molecule has 6 heteroatoms. The molecule has 2 aromatic carbocycles. The normalized spacial score (nSPS) is 16.8. The second-order valence-corrected chi connectivity index (χ2v) is 6.04. The first-order valence-electron chi connectivity index (χ1n) is 8.35. The number of benzene rings is 2. The van der Waals surface area contributed by atoms with Gasteiger partial charge in [-0.15, -0.1) is 0 Å². The highest BCUT2D eigenvalue weighted by molar-refractivity contribution is 5.95. The first-order valence-corrected chi connectivity index (χ1v) is 8.35. The number of esters is 2. The Balaban J connectivity index is 1.54. The summed E-state index contributed by atoms with van der Waals surface area (Å²) in [5, 5.41) is 2.71. The molecule has 1 aliphatic rings. The van der Waals surface area contributed by atoms with Gasteiger partial charge in [0.25, 0.3) is 5.91 Å². The monoisotopic (exact) mass is 353 g/mol. The Hall–Kier alpha value is -3.15. The van der Waals surface area contributed by atoms with Crippen molar-refractivity contribution in [1.82, 2.24) is 5.32 Å². The third-order valence-corrected chi connectivity index (χ3v) is 4.13. The van der Waals surface area contributed by atoms with Crippen molar-refractivity contribution in [3.05, 3.63) is 71.3 Å². The average molecular weight is 353 g/mol. The van der Waals surface area contributed by atoms with Gasteiger partial charge in [-0.2, -0.15) is 0 Å². The molecule has 0 radical (unpaired) electrons. The molecular formula is C20H19NO5. The van der Waals surface area contributed by atoms with Gasteiger partial charge in [-0.1, -0.05) is 48.5 Å². The van der Waals surface area contributed by atoms with E-state index in [1.807, 2.05) is 30.3 Å². The maximum Gasteiger partial charge on any atom is 0.348 e. The van der Waals surface area contributed by atoms with Crippen LogP contribution >= 0.6 is 0 Å². The summed E-state index contributed by atoms with van der Waals surface area (Å²) >= 11 is 0. The van der Waals surface area contributed by atoms with Crippen LogP contribution in [0, 0.1) is 0 Å². The zero-order chi connectivity index (χ0) is 18.5. The minimum atomic E-state index is -1.04. The number of hydrogen-bond acceptors (Lipinski definition) is 5. The van der Waals surface area contributed by atoms with Crippen molar-refractivity contribution >= 4 is 17.8 Å². The number of cyclic esters (lactones) is 1. The topological polar surface area (TPSA) is 81.7 Å². The van der Waals surface area contributed by atoms with Gasteiger partial charge < -0.3 is 14.8 Å². The van der Waals surface area contributed by atoms with Crippen LogP contribution in [0.1, 0.15) is 28.4 Å². The molecule has 0 unspecified atom stereocenters. The van der Waals surface area contributed by atoms with Crippen LogP contribution in [0.2, 0.25) is 0 Å². The summed E-state index contributed by atoms with van der Waals surface area (Å²) in [6, 6.07) is 16.4. The molecule has 2 aromatic rings. The van der Waals surface area contributed by atoms with Gasteiger partial charge >= 0.3 is 11.9 Å². The first-order chi connectivity index (χ1) is 12.5. The fraction of sp³-hybridized carbons (Fsp3) is 0.250. The number of ether oxygens (including phenoxy) is 2. The predicted molar refractivity (Wildman–Crippen MR) is 93.2 cm³/mol. The molecule has 134 valence electrons. The van der Waals surface area contributed by atoms with E-state index in [0.29, 0.717) is 12.1 Å². The van der Waals surface area contributed by atoms with Gasteiger partial charge in [0.2, 0.25) is 6.10 Å². The van der Waals surface area contributed by atoms with Crippen LogP contribution in [0.4, 0.5) is 0 Å². The average Bonchev–Trinajstić information content (AvgIpc) is 2.66. The Morgan fingerprint density at radius 2 is 1.85 bits per heavy atom. The third kappa shape index (κ3) is 4.08. The third-order valence-electron chi connectivity index (χ3n) is 4.13. The highest BCUT2D eigenvalue weighted by Gasteiger charge is 2.33. The lowest BCUT2D eigenvalue weighted by molar-refractivity contribution is -0.163. The lowest BCUT2D eigenvalue weighted by Crippen LogP contribution is -2.41. The summed E-state index contributed by atoms with van der Waals surface area (Å²) in [6.07, 6.45) is -1.79. The van der Waals surface area contributed by atoms with Gasteiger partial charge in [0, 0.05) is 13.0 Å². The van der Waals surface area contributed by atoms with E-state index in [2.05, 4.69) is 5.32 Å². The molecule has 0 fully saturated rings. The number of carbonyl (C=O) groups is 3. The van der Waals surface area contributed by atoms with Crippen molar-refractivity contribution in [2.24, 2.45) is 0 Å². The van der Waals surface area contributed by atoms with Crippen LogP contribution in [0.15, 0.2) is 54.6 Å². The highest BCUT2D eigenvalue weighted by Crippen LogP contribution is 2.21. The first kappa shape index (κ1) is 17.7. The Morgan fingerprint density at radius 1 is 1.15 bits per heavy atom. The van der Waals surface area contributed by atoms with Gasteiger partial charge in [-0.25, -0.2) is 9.59 Å². The quantitative estimate of drug-likeness (QED) is 0.832. The van der Waals surface area contributed by atoms with Crippen molar-refractivity contribution in [2.45, 2.75) is 32.1 Å². The number of amides is 1. The Morgan fingerprint density at radius 3 is 2.62 bits per heavy atom. The molecule has 0 saturated heterocycles.